The predicted molar refractivity (Wildman–Crippen MR) is 118 cm³/mol. The number of aromatic nitrogens is 2. The second kappa shape index (κ2) is 9.13. The Morgan fingerprint density at radius 2 is 1.94 bits per heavy atom. The molecule has 0 bridgehead atoms. The maximum absolute atomic E-state index is 12.9. The zero-order valence-corrected chi connectivity index (χ0v) is 18.5. The lowest BCUT2D eigenvalue weighted by Gasteiger charge is -2.30. The number of amides is 1. The number of hydrogen-bond acceptors (Lipinski definition) is 7. The molecule has 1 saturated heterocycles. The quantitative estimate of drug-likeness (QED) is 0.608. The molecule has 1 amide bonds. The van der Waals surface area contributed by atoms with Gasteiger partial charge in [-0.2, -0.15) is 4.31 Å². The molecule has 2 aromatic heterocycles. The van der Waals surface area contributed by atoms with E-state index in [4.69, 9.17) is 4.74 Å². The van der Waals surface area contributed by atoms with Crippen LogP contribution < -0.4 is 10.1 Å². The van der Waals surface area contributed by atoms with Gasteiger partial charge in [-0.15, -0.1) is 11.3 Å². The molecule has 8 nitrogen and oxygen atoms in total. The van der Waals surface area contributed by atoms with Crippen LogP contribution >= 0.6 is 11.3 Å². The summed E-state index contributed by atoms with van der Waals surface area (Å²) >= 11 is 1.35. The summed E-state index contributed by atoms with van der Waals surface area (Å²) in [4.78, 5) is 21.4. The molecule has 0 saturated carbocycles. The number of piperidine rings is 1. The fourth-order valence-corrected chi connectivity index (χ4v) is 5.63. The Kier molecular flexibility index (Phi) is 6.30. The molecule has 10 heteroatoms. The molecule has 1 aliphatic rings. The van der Waals surface area contributed by atoms with Crippen LogP contribution in [0.5, 0.6) is 5.75 Å². The molecular weight excluding hydrogens is 436 g/mol. The number of ether oxygens (including phenoxy) is 1. The Morgan fingerprint density at radius 1 is 1.19 bits per heavy atom. The van der Waals surface area contributed by atoms with Gasteiger partial charge in [0.15, 0.2) is 5.13 Å². The van der Waals surface area contributed by atoms with Crippen LogP contribution in [0.4, 0.5) is 5.13 Å². The van der Waals surface area contributed by atoms with E-state index in [1.807, 2.05) is 17.5 Å². The number of nitrogens with zero attached hydrogens (tertiary/aromatic N) is 3. The van der Waals surface area contributed by atoms with Crippen molar-refractivity contribution in [2.45, 2.75) is 17.7 Å². The largest absolute Gasteiger partial charge is 0.497 e. The zero-order chi connectivity index (χ0) is 21.8. The maximum Gasteiger partial charge on any atom is 0.243 e. The molecule has 0 spiro atoms. The Morgan fingerprint density at radius 3 is 2.58 bits per heavy atom. The molecule has 3 aromatic rings. The molecule has 1 aliphatic heterocycles. The van der Waals surface area contributed by atoms with E-state index in [-0.39, 0.29) is 16.7 Å². The smallest absolute Gasteiger partial charge is 0.243 e. The van der Waals surface area contributed by atoms with Gasteiger partial charge in [0.25, 0.3) is 0 Å². The molecule has 0 unspecified atom stereocenters. The highest BCUT2D eigenvalue weighted by Gasteiger charge is 2.32. The van der Waals surface area contributed by atoms with Crippen LogP contribution in [-0.4, -0.2) is 48.8 Å². The third kappa shape index (κ3) is 4.76. The number of sulfonamides is 1. The fraction of sp³-hybridized carbons (Fsp3) is 0.286. The van der Waals surface area contributed by atoms with Crippen molar-refractivity contribution in [3.63, 3.8) is 0 Å². The summed E-state index contributed by atoms with van der Waals surface area (Å²) in [7, 11) is -2.06. The van der Waals surface area contributed by atoms with Crippen LogP contribution in [0.25, 0.3) is 11.3 Å². The minimum Gasteiger partial charge on any atom is -0.497 e. The van der Waals surface area contributed by atoms with E-state index in [0.717, 1.165) is 11.3 Å². The normalized spacial score (nSPS) is 15.5. The molecule has 1 aromatic carbocycles. The first-order chi connectivity index (χ1) is 15.0. The molecule has 0 radical (unpaired) electrons. The van der Waals surface area contributed by atoms with Crippen molar-refractivity contribution in [1.82, 2.24) is 14.3 Å². The average Bonchev–Trinajstić information content (AvgIpc) is 3.28. The SMILES string of the molecule is COc1ccc(S(=O)(=O)N2CCC(C(=O)Nc3nc(-c4cccnc4)cs3)CC2)cc1. The number of thiazole rings is 1. The van der Waals surface area contributed by atoms with Gasteiger partial charge in [-0.05, 0) is 49.2 Å². The second-order valence-corrected chi connectivity index (χ2v) is 9.92. The first-order valence-corrected chi connectivity index (χ1v) is 12.1. The van der Waals surface area contributed by atoms with E-state index in [0.29, 0.717) is 36.8 Å². The molecule has 0 atom stereocenters. The standard InChI is InChI=1S/C21H22N4O4S2/c1-29-17-4-6-18(7-5-17)31(27,28)25-11-8-15(9-12-25)20(26)24-21-23-19(14-30-21)16-3-2-10-22-13-16/h2-7,10,13-15H,8-9,11-12H2,1H3,(H,23,24,26). The van der Waals surface area contributed by atoms with E-state index in [9.17, 15) is 13.2 Å². The minimum atomic E-state index is -3.59. The molecular formula is C21H22N4O4S2. The van der Waals surface area contributed by atoms with Gasteiger partial charge in [0.05, 0.1) is 17.7 Å². The Bertz CT molecular complexity index is 1140. The Hall–Kier alpha value is -2.82. The van der Waals surface area contributed by atoms with Crippen LogP contribution in [0.2, 0.25) is 0 Å². The number of anilines is 1. The third-order valence-electron chi connectivity index (χ3n) is 5.21. The first kappa shape index (κ1) is 21.4. The number of methoxy groups -OCH3 is 1. The lowest BCUT2D eigenvalue weighted by molar-refractivity contribution is -0.120. The maximum atomic E-state index is 12.9. The lowest BCUT2D eigenvalue weighted by Crippen LogP contribution is -2.41. The summed E-state index contributed by atoms with van der Waals surface area (Å²) in [6, 6.07) is 10.1. The number of pyridine rings is 1. The summed E-state index contributed by atoms with van der Waals surface area (Å²) in [5.41, 5.74) is 1.64. The summed E-state index contributed by atoms with van der Waals surface area (Å²) < 4.78 is 32.2. The van der Waals surface area contributed by atoms with Gasteiger partial charge >= 0.3 is 0 Å². The fourth-order valence-electron chi connectivity index (χ4n) is 3.44. The number of benzene rings is 1. The molecule has 31 heavy (non-hydrogen) atoms. The lowest BCUT2D eigenvalue weighted by atomic mass is 9.97. The van der Waals surface area contributed by atoms with E-state index >= 15 is 0 Å². The highest BCUT2D eigenvalue weighted by molar-refractivity contribution is 7.89. The monoisotopic (exact) mass is 458 g/mol. The average molecular weight is 459 g/mol. The molecule has 3 heterocycles. The van der Waals surface area contributed by atoms with Gasteiger partial charge in [0.2, 0.25) is 15.9 Å². The number of hydrogen-bond donors (Lipinski definition) is 1. The van der Waals surface area contributed by atoms with Crippen molar-refractivity contribution < 1.29 is 17.9 Å². The second-order valence-electron chi connectivity index (χ2n) is 7.12. The number of rotatable bonds is 6. The minimum absolute atomic E-state index is 0.131. The Labute approximate surface area is 185 Å². The van der Waals surface area contributed by atoms with E-state index in [1.165, 1.54) is 34.9 Å². The van der Waals surface area contributed by atoms with Crippen LogP contribution in [0.3, 0.4) is 0 Å². The molecule has 1 fully saturated rings. The molecule has 0 aliphatic carbocycles. The van der Waals surface area contributed by atoms with E-state index in [2.05, 4.69) is 15.3 Å². The van der Waals surface area contributed by atoms with Crippen LogP contribution in [0.15, 0.2) is 59.1 Å². The van der Waals surface area contributed by atoms with Crippen LogP contribution in [-0.2, 0) is 14.8 Å². The van der Waals surface area contributed by atoms with Crippen molar-refractivity contribution in [2.24, 2.45) is 5.92 Å². The van der Waals surface area contributed by atoms with Gasteiger partial charge in [0.1, 0.15) is 5.75 Å². The summed E-state index contributed by atoms with van der Waals surface area (Å²) in [6.07, 6.45) is 4.34. The van der Waals surface area contributed by atoms with Crippen molar-refractivity contribution in [3.05, 3.63) is 54.2 Å². The topological polar surface area (TPSA) is 101 Å². The highest BCUT2D eigenvalue weighted by Crippen LogP contribution is 2.28. The van der Waals surface area contributed by atoms with Gasteiger partial charge in [-0.1, -0.05) is 0 Å². The van der Waals surface area contributed by atoms with Crippen molar-refractivity contribution in [1.29, 1.82) is 0 Å². The van der Waals surface area contributed by atoms with E-state index in [1.54, 1.807) is 24.5 Å². The molecule has 1 N–H and O–H groups in total. The molecule has 4 rings (SSSR count). The first-order valence-electron chi connectivity index (χ1n) is 9.78. The van der Waals surface area contributed by atoms with E-state index < -0.39 is 10.0 Å². The zero-order valence-electron chi connectivity index (χ0n) is 16.9. The number of nitrogens with one attached hydrogen (secondary N) is 1. The van der Waals surface area contributed by atoms with Crippen molar-refractivity contribution >= 4 is 32.4 Å². The van der Waals surface area contributed by atoms with Crippen LogP contribution in [0.1, 0.15) is 12.8 Å². The van der Waals surface area contributed by atoms with Gasteiger partial charge in [0, 0.05) is 42.3 Å². The number of carbonyl (C=O) groups excluding carboxylic acids is 1. The van der Waals surface area contributed by atoms with Crippen LogP contribution in [0, 0.1) is 5.92 Å². The summed E-state index contributed by atoms with van der Waals surface area (Å²) in [5.74, 6) is 0.213. The van der Waals surface area contributed by atoms with Gasteiger partial charge in [-0.25, -0.2) is 13.4 Å². The highest BCUT2D eigenvalue weighted by atomic mass is 32.2. The Balaban J connectivity index is 1.35. The summed E-state index contributed by atoms with van der Waals surface area (Å²) in [6.45, 7) is 0.594. The molecule has 162 valence electrons. The van der Waals surface area contributed by atoms with Crippen molar-refractivity contribution in [2.75, 3.05) is 25.5 Å². The van der Waals surface area contributed by atoms with Gasteiger partial charge < -0.3 is 10.1 Å². The van der Waals surface area contributed by atoms with Crippen molar-refractivity contribution in [3.8, 4) is 17.0 Å². The number of carbonyl (C=O) groups is 1. The van der Waals surface area contributed by atoms with Gasteiger partial charge in [-0.3, -0.25) is 9.78 Å². The third-order valence-corrected chi connectivity index (χ3v) is 7.88. The summed E-state index contributed by atoms with van der Waals surface area (Å²) in [5, 5.41) is 5.26. The predicted octanol–water partition coefficient (Wildman–Crippen LogP) is 3.25.